The summed E-state index contributed by atoms with van der Waals surface area (Å²) in [4.78, 5) is 28.9. The number of carbonyl (C=O) groups excluding carboxylic acids is 2. The van der Waals surface area contributed by atoms with Gasteiger partial charge in [0.2, 0.25) is 5.91 Å². The largest absolute Gasteiger partial charge is 0.377 e. The Morgan fingerprint density at radius 2 is 1.71 bits per heavy atom. The Morgan fingerprint density at radius 3 is 2.39 bits per heavy atom. The number of hydrogen-bond donors (Lipinski definition) is 1. The monoisotopic (exact) mass is 387 g/mol. The van der Waals surface area contributed by atoms with Gasteiger partial charge in [-0.2, -0.15) is 0 Å². The van der Waals surface area contributed by atoms with Crippen LogP contribution in [0.1, 0.15) is 50.2 Å². The van der Waals surface area contributed by atoms with Gasteiger partial charge in [-0.25, -0.2) is 4.79 Å². The van der Waals surface area contributed by atoms with Gasteiger partial charge in [0.25, 0.3) is 0 Å². The molecule has 2 aliphatic rings. The van der Waals surface area contributed by atoms with E-state index >= 15 is 0 Å². The molecule has 154 valence electrons. The van der Waals surface area contributed by atoms with Gasteiger partial charge in [-0.05, 0) is 43.2 Å². The number of nitrogens with one attached hydrogen (secondary N) is 1. The Morgan fingerprint density at radius 1 is 1.04 bits per heavy atom. The van der Waals surface area contributed by atoms with Crippen molar-refractivity contribution in [2.75, 3.05) is 32.8 Å². The summed E-state index contributed by atoms with van der Waals surface area (Å²) in [6.45, 7) is 7.01. The van der Waals surface area contributed by atoms with Gasteiger partial charge in [-0.15, -0.1) is 0 Å². The van der Waals surface area contributed by atoms with Crippen LogP contribution in [-0.2, 0) is 22.7 Å². The van der Waals surface area contributed by atoms with Gasteiger partial charge < -0.3 is 19.9 Å². The minimum absolute atomic E-state index is 0.0450. The molecule has 2 aliphatic heterocycles. The molecule has 3 rings (SSSR count). The average Bonchev–Trinajstić information content (AvgIpc) is 3.27. The smallest absolute Gasteiger partial charge is 0.317 e. The molecule has 3 amide bonds. The van der Waals surface area contributed by atoms with Crippen LogP contribution in [0, 0.1) is 5.92 Å². The second-order valence-corrected chi connectivity index (χ2v) is 7.77. The SMILES string of the molecule is CCCOCc1ccccc1CNC(=O)N1CCC(C(=O)N2CCCC2)CC1. The molecule has 0 unspecified atom stereocenters. The summed E-state index contributed by atoms with van der Waals surface area (Å²) in [6, 6.07) is 8.02. The maximum Gasteiger partial charge on any atom is 0.317 e. The van der Waals surface area contributed by atoms with Crippen molar-refractivity contribution in [3.05, 3.63) is 35.4 Å². The number of urea groups is 1. The number of ether oxygens (including phenoxy) is 1. The summed E-state index contributed by atoms with van der Waals surface area (Å²) in [5.41, 5.74) is 2.21. The van der Waals surface area contributed by atoms with Crippen LogP contribution < -0.4 is 5.32 Å². The highest BCUT2D eigenvalue weighted by atomic mass is 16.5. The quantitative estimate of drug-likeness (QED) is 0.731. The van der Waals surface area contributed by atoms with Crippen LogP contribution >= 0.6 is 0 Å². The Kier molecular flexibility index (Phi) is 7.71. The van der Waals surface area contributed by atoms with E-state index in [1.54, 1.807) is 0 Å². The zero-order valence-electron chi connectivity index (χ0n) is 17.0. The van der Waals surface area contributed by atoms with Crippen LogP contribution in [0.5, 0.6) is 0 Å². The van der Waals surface area contributed by atoms with Crippen molar-refractivity contribution in [1.82, 2.24) is 15.1 Å². The first-order chi connectivity index (χ1) is 13.7. The second kappa shape index (κ2) is 10.5. The van der Waals surface area contributed by atoms with Crippen LogP contribution in [0.25, 0.3) is 0 Å². The van der Waals surface area contributed by atoms with E-state index < -0.39 is 0 Å². The van der Waals surface area contributed by atoms with Gasteiger partial charge >= 0.3 is 6.03 Å². The van der Waals surface area contributed by atoms with E-state index in [0.29, 0.717) is 32.1 Å². The minimum atomic E-state index is -0.0450. The van der Waals surface area contributed by atoms with E-state index in [0.717, 1.165) is 62.9 Å². The predicted octanol–water partition coefficient (Wildman–Crippen LogP) is 3.16. The number of carbonyl (C=O) groups is 2. The fourth-order valence-electron chi connectivity index (χ4n) is 4.01. The van der Waals surface area contributed by atoms with E-state index in [-0.39, 0.29) is 11.9 Å². The normalized spacial score (nSPS) is 17.8. The topological polar surface area (TPSA) is 61.9 Å². The van der Waals surface area contributed by atoms with Crippen LogP contribution in [0.3, 0.4) is 0 Å². The molecule has 0 atom stereocenters. The Hall–Kier alpha value is -2.08. The Labute approximate surface area is 168 Å². The molecule has 0 bridgehead atoms. The van der Waals surface area contributed by atoms with Crippen molar-refractivity contribution in [2.24, 2.45) is 5.92 Å². The first-order valence-corrected chi connectivity index (χ1v) is 10.6. The van der Waals surface area contributed by atoms with Crippen LogP contribution in [0.2, 0.25) is 0 Å². The second-order valence-electron chi connectivity index (χ2n) is 7.77. The minimum Gasteiger partial charge on any atom is -0.377 e. The molecule has 2 heterocycles. The first kappa shape index (κ1) is 20.6. The van der Waals surface area contributed by atoms with Gasteiger partial charge in [-0.3, -0.25) is 4.79 Å². The van der Waals surface area contributed by atoms with Gasteiger partial charge in [0.15, 0.2) is 0 Å². The summed E-state index contributed by atoms with van der Waals surface area (Å²) in [7, 11) is 0. The van der Waals surface area contributed by atoms with E-state index in [2.05, 4.69) is 12.2 Å². The molecular formula is C22H33N3O3. The molecule has 6 heteroatoms. The number of amides is 3. The number of hydrogen-bond acceptors (Lipinski definition) is 3. The molecule has 28 heavy (non-hydrogen) atoms. The van der Waals surface area contributed by atoms with Gasteiger partial charge in [0.05, 0.1) is 6.61 Å². The summed E-state index contributed by atoms with van der Waals surface area (Å²) in [5.74, 6) is 0.372. The third kappa shape index (κ3) is 5.47. The van der Waals surface area contributed by atoms with Crippen molar-refractivity contribution in [3.63, 3.8) is 0 Å². The third-order valence-electron chi connectivity index (χ3n) is 5.70. The fraction of sp³-hybridized carbons (Fsp3) is 0.636. The van der Waals surface area contributed by atoms with Crippen LogP contribution in [-0.4, -0.2) is 54.5 Å². The first-order valence-electron chi connectivity index (χ1n) is 10.6. The Bertz CT molecular complexity index is 650. The zero-order valence-corrected chi connectivity index (χ0v) is 17.0. The molecule has 1 aromatic rings. The number of likely N-dealkylation sites (tertiary alicyclic amines) is 2. The highest BCUT2D eigenvalue weighted by molar-refractivity contribution is 5.80. The highest BCUT2D eigenvalue weighted by Crippen LogP contribution is 2.22. The molecule has 1 N–H and O–H groups in total. The van der Waals surface area contributed by atoms with Crippen molar-refractivity contribution in [3.8, 4) is 0 Å². The summed E-state index contributed by atoms with van der Waals surface area (Å²) >= 11 is 0. The van der Waals surface area contributed by atoms with E-state index in [1.165, 1.54) is 0 Å². The van der Waals surface area contributed by atoms with E-state index in [1.807, 2.05) is 34.1 Å². The molecule has 0 aliphatic carbocycles. The van der Waals surface area contributed by atoms with Crippen molar-refractivity contribution in [1.29, 1.82) is 0 Å². The maximum atomic E-state index is 12.6. The molecule has 0 aromatic heterocycles. The highest BCUT2D eigenvalue weighted by Gasteiger charge is 2.31. The van der Waals surface area contributed by atoms with Gasteiger partial charge in [0, 0.05) is 45.2 Å². The maximum absolute atomic E-state index is 12.6. The lowest BCUT2D eigenvalue weighted by atomic mass is 9.95. The standard InChI is InChI=1S/C22H33N3O3/c1-2-15-28-17-20-8-4-3-7-19(20)16-23-22(27)25-13-9-18(10-14-25)21(26)24-11-5-6-12-24/h3-4,7-8,18H,2,5-6,9-17H2,1H3,(H,23,27). The van der Waals surface area contributed by atoms with Crippen molar-refractivity contribution >= 4 is 11.9 Å². The van der Waals surface area contributed by atoms with Crippen LogP contribution in [0.15, 0.2) is 24.3 Å². The summed E-state index contributed by atoms with van der Waals surface area (Å²) in [5, 5.41) is 3.03. The molecule has 2 fully saturated rings. The van der Waals surface area contributed by atoms with Crippen LogP contribution in [0.4, 0.5) is 4.79 Å². The fourth-order valence-corrected chi connectivity index (χ4v) is 4.01. The lowest BCUT2D eigenvalue weighted by molar-refractivity contribution is -0.135. The number of rotatable bonds is 7. The summed E-state index contributed by atoms with van der Waals surface area (Å²) in [6.07, 6.45) is 4.78. The third-order valence-corrected chi connectivity index (χ3v) is 5.70. The molecule has 6 nitrogen and oxygen atoms in total. The summed E-state index contributed by atoms with van der Waals surface area (Å²) < 4.78 is 5.65. The number of nitrogens with zero attached hydrogens (tertiary/aromatic N) is 2. The molecular weight excluding hydrogens is 354 g/mol. The van der Waals surface area contributed by atoms with Gasteiger partial charge in [-0.1, -0.05) is 31.2 Å². The molecule has 2 saturated heterocycles. The van der Waals surface area contributed by atoms with Crippen molar-refractivity contribution in [2.45, 2.75) is 52.2 Å². The lowest BCUT2D eigenvalue weighted by Gasteiger charge is -2.33. The molecule has 1 aromatic carbocycles. The number of piperidine rings is 1. The van der Waals surface area contributed by atoms with E-state index in [9.17, 15) is 9.59 Å². The Balaban J connectivity index is 1.44. The molecule has 0 spiro atoms. The average molecular weight is 388 g/mol. The molecule has 0 saturated carbocycles. The van der Waals surface area contributed by atoms with Crippen molar-refractivity contribution < 1.29 is 14.3 Å². The van der Waals surface area contributed by atoms with E-state index in [4.69, 9.17) is 4.74 Å². The predicted molar refractivity (Wildman–Crippen MR) is 109 cm³/mol. The van der Waals surface area contributed by atoms with Gasteiger partial charge in [0.1, 0.15) is 0 Å². The zero-order chi connectivity index (χ0) is 19.8. The number of benzene rings is 1. The molecule has 0 radical (unpaired) electrons. The lowest BCUT2D eigenvalue weighted by Crippen LogP contribution is -2.47.